The predicted octanol–water partition coefficient (Wildman–Crippen LogP) is 3.23. The summed E-state index contributed by atoms with van der Waals surface area (Å²) < 4.78 is 0. The van der Waals surface area contributed by atoms with Gasteiger partial charge < -0.3 is 5.32 Å². The smallest absolute Gasteiger partial charge is 0.270 e. The number of hydrogen-bond donors (Lipinski definition) is 1. The highest BCUT2D eigenvalue weighted by Gasteiger charge is 2.20. The minimum Gasteiger partial charge on any atom is -0.370 e. The minimum atomic E-state index is -0.405. The second kappa shape index (κ2) is 5.69. The molecule has 0 saturated heterocycles. The van der Waals surface area contributed by atoms with Gasteiger partial charge in [0, 0.05) is 41.3 Å². The first-order chi connectivity index (χ1) is 10.2. The van der Waals surface area contributed by atoms with Gasteiger partial charge in [-0.3, -0.25) is 10.1 Å². The third-order valence-electron chi connectivity index (χ3n) is 3.24. The number of nitro benzene ring substituents is 1. The molecule has 0 amide bonds. The van der Waals surface area contributed by atoms with Crippen LogP contribution in [0.5, 0.6) is 0 Å². The van der Waals surface area contributed by atoms with Gasteiger partial charge in [-0.25, -0.2) is 9.97 Å². The van der Waals surface area contributed by atoms with Gasteiger partial charge in [0.1, 0.15) is 5.82 Å². The van der Waals surface area contributed by atoms with Gasteiger partial charge in [0.25, 0.3) is 5.69 Å². The number of fused-ring (bicyclic) bond motifs is 1. The number of nitrogens with zero attached hydrogens (tertiary/aromatic N) is 3. The number of aromatic nitrogens is 2. The standard InChI is InChI=1S/C14H14N4O2S/c1-2-15-14-11-7-21-8-12(11)16-13(17-14)9-4-3-5-10(6-9)18(19)20/h3-6H,2,7-8H2,1H3,(H,15,16,17). The molecule has 7 heteroatoms. The first kappa shape index (κ1) is 13.8. The fraction of sp³-hybridized carbons (Fsp3) is 0.286. The lowest BCUT2D eigenvalue weighted by molar-refractivity contribution is -0.384. The minimum absolute atomic E-state index is 0.0518. The summed E-state index contributed by atoms with van der Waals surface area (Å²) in [6.07, 6.45) is 0. The van der Waals surface area contributed by atoms with Crippen LogP contribution in [0, 0.1) is 10.1 Å². The fourth-order valence-corrected chi connectivity index (χ4v) is 3.29. The molecule has 2 aromatic rings. The monoisotopic (exact) mass is 302 g/mol. The van der Waals surface area contributed by atoms with Crippen LogP contribution >= 0.6 is 11.8 Å². The zero-order valence-corrected chi connectivity index (χ0v) is 12.3. The molecule has 0 radical (unpaired) electrons. The molecular formula is C14H14N4O2S. The molecule has 21 heavy (non-hydrogen) atoms. The summed E-state index contributed by atoms with van der Waals surface area (Å²) in [5, 5.41) is 14.1. The number of benzene rings is 1. The number of non-ortho nitro benzene ring substituents is 1. The summed E-state index contributed by atoms with van der Waals surface area (Å²) in [7, 11) is 0. The van der Waals surface area contributed by atoms with E-state index in [1.807, 2.05) is 6.92 Å². The first-order valence-electron chi connectivity index (χ1n) is 6.65. The van der Waals surface area contributed by atoms with Gasteiger partial charge in [0.15, 0.2) is 5.82 Å². The molecule has 0 spiro atoms. The number of nitrogens with one attached hydrogen (secondary N) is 1. The van der Waals surface area contributed by atoms with Crippen molar-refractivity contribution >= 4 is 23.3 Å². The molecule has 1 aromatic carbocycles. The molecule has 0 bridgehead atoms. The van der Waals surface area contributed by atoms with Crippen molar-refractivity contribution in [3.63, 3.8) is 0 Å². The molecule has 1 aliphatic rings. The molecule has 1 aromatic heterocycles. The van der Waals surface area contributed by atoms with Crippen LogP contribution in [0.15, 0.2) is 24.3 Å². The van der Waals surface area contributed by atoms with Crippen molar-refractivity contribution in [3.8, 4) is 11.4 Å². The van der Waals surface area contributed by atoms with Crippen molar-refractivity contribution in [1.82, 2.24) is 9.97 Å². The maximum absolute atomic E-state index is 10.9. The Morgan fingerprint density at radius 2 is 2.24 bits per heavy atom. The van der Waals surface area contributed by atoms with Gasteiger partial charge in [0.05, 0.1) is 10.6 Å². The summed E-state index contributed by atoms with van der Waals surface area (Å²) in [6, 6.07) is 6.44. The van der Waals surface area contributed by atoms with Crippen molar-refractivity contribution in [2.24, 2.45) is 0 Å². The van der Waals surface area contributed by atoms with Crippen molar-refractivity contribution in [2.75, 3.05) is 11.9 Å². The van der Waals surface area contributed by atoms with E-state index < -0.39 is 4.92 Å². The molecule has 1 aliphatic heterocycles. The van der Waals surface area contributed by atoms with Crippen LogP contribution in [-0.4, -0.2) is 21.4 Å². The Morgan fingerprint density at radius 3 is 3.00 bits per heavy atom. The molecule has 0 fully saturated rings. The van der Waals surface area contributed by atoms with E-state index in [0.29, 0.717) is 11.4 Å². The number of rotatable bonds is 4. The van der Waals surface area contributed by atoms with Crippen molar-refractivity contribution in [2.45, 2.75) is 18.4 Å². The Morgan fingerprint density at radius 1 is 1.38 bits per heavy atom. The average molecular weight is 302 g/mol. The van der Waals surface area contributed by atoms with Gasteiger partial charge in [0.2, 0.25) is 0 Å². The Kier molecular flexibility index (Phi) is 3.74. The molecular weight excluding hydrogens is 288 g/mol. The van der Waals surface area contributed by atoms with E-state index in [2.05, 4.69) is 15.3 Å². The van der Waals surface area contributed by atoms with E-state index in [0.717, 1.165) is 35.1 Å². The topological polar surface area (TPSA) is 81.0 Å². The second-order valence-electron chi connectivity index (χ2n) is 4.65. The van der Waals surface area contributed by atoms with Gasteiger partial charge >= 0.3 is 0 Å². The zero-order chi connectivity index (χ0) is 14.8. The lowest BCUT2D eigenvalue weighted by Gasteiger charge is -2.10. The van der Waals surface area contributed by atoms with Crippen LogP contribution in [-0.2, 0) is 11.5 Å². The SMILES string of the molecule is CCNc1nc(-c2cccc([N+](=O)[O-])c2)nc2c1CSC2. The Labute approximate surface area is 126 Å². The van der Waals surface area contributed by atoms with E-state index >= 15 is 0 Å². The number of thioether (sulfide) groups is 1. The second-order valence-corrected chi connectivity index (χ2v) is 5.64. The van der Waals surface area contributed by atoms with Crippen molar-refractivity contribution < 1.29 is 4.92 Å². The van der Waals surface area contributed by atoms with E-state index in [9.17, 15) is 10.1 Å². The van der Waals surface area contributed by atoms with Crippen LogP contribution in [0.4, 0.5) is 11.5 Å². The van der Waals surface area contributed by atoms with Crippen LogP contribution in [0.25, 0.3) is 11.4 Å². The highest BCUT2D eigenvalue weighted by atomic mass is 32.2. The Hall–Kier alpha value is -2.15. The summed E-state index contributed by atoms with van der Waals surface area (Å²) in [5.74, 6) is 3.15. The normalized spacial score (nSPS) is 13.0. The molecule has 2 heterocycles. The number of nitro groups is 1. The van der Waals surface area contributed by atoms with Crippen LogP contribution in [0.2, 0.25) is 0 Å². The number of hydrogen-bond acceptors (Lipinski definition) is 6. The summed E-state index contributed by atoms with van der Waals surface area (Å²) >= 11 is 1.80. The molecule has 3 rings (SSSR count). The Bertz CT molecular complexity index is 705. The lowest BCUT2D eigenvalue weighted by Crippen LogP contribution is -2.06. The van der Waals surface area contributed by atoms with Gasteiger partial charge in [-0.05, 0) is 6.92 Å². The molecule has 0 unspecified atom stereocenters. The predicted molar refractivity (Wildman–Crippen MR) is 83.3 cm³/mol. The quantitative estimate of drug-likeness (QED) is 0.690. The highest BCUT2D eigenvalue weighted by Crippen LogP contribution is 2.34. The van der Waals surface area contributed by atoms with Crippen LogP contribution < -0.4 is 5.32 Å². The summed E-state index contributed by atoms with van der Waals surface area (Å²) in [5.41, 5.74) is 2.89. The molecule has 0 atom stereocenters. The van der Waals surface area contributed by atoms with Gasteiger partial charge in [-0.15, -0.1) is 0 Å². The van der Waals surface area contributed by atoms with E-state index in [1.54, 1.807) is 23.9 Å². The van der Waals surface area contributed by atoms with E-state index in [1.165, 1.54) is 12.1 Å². The summed E-state index contributed by atoms with van der Waals surface area (Å²) in [6.45, 7) is 2.80. The molecule has 108 valence electrons. The van der Waals surface area contributed by atoms with Gasteiger partial charge in [-0.2, -0.15) is 11.8 Å². The fourth-order valence-electron chi connectivity index (χ4n) is 2.25. The maximum Gasteiger partial charge on any atom is 0.270 e. The summed E-state index contributed by atoms with van der Waals surface area (Å²) in [4.78, 5) is 19.6. The lowest BCUT2D eigenvalue weighted by atomic mass is 10.1. The first-order valence-corrected chi connectivity index (χ1v) is 7.80. The molecule has 0 saturated carbocycles. The third kappa shape index (κ3) is 2.69. The van der Waals surface area contributed by atoms with Crippen molar-refractivity contribution in [3.05, 3.63) is 45.6 Å². The third-order valence-corrected chi connectivity index (χ3v) is 4.21. The molecule has 1 N–H and O–H groups in total. The highest BCUT2D eigenvalue weighted by molar-refractivity contribution is 7.98. The van der Waals surface area contributed by atoms with E-state index in [4.69, 9.17) is 0 Å². The average Bonchev–Trinajstić information content (AvgIpc) is 2.96. The van der Waals surface area contributed by atoms with Crippen molar-refractivity contribution in [1.29, 1.82) is 0 Å². The van der Waals surface area contributed by atoms with Crippen LogP contribution in [0.3, 0.4) is 0 Å². The maximum atomic E-state index is 10.9. The zero-order valence-electron chi connectivity index (χ0n) is 11.5. The largest absolute Gasteiger partial charge is 0.370 e. The van der Waals surface area contributed by atoms with Gasteiger partial charge in [-0.1, -0.05) is 12.1 Å². The Balaban J connectivity index is 2.08. The van der Waals surface area contributed by atoms with Crippen LogP contribution in [0.1, 0.15) is 18.2 Å². The molecule has 6 nitrogen and oxygen atoms in total. The molecule has 0 aliphatic carbocycles. The number of anilines is 1. The van der Waals surface area contributed by atoms with E-state index in [-0.39, 0.29) is 5.69 Å².